The van der Waals surface area contributed by atoms with E-state index in [4.69, 9.17) is 11.5 Å². The summed E-state index contributed by atoms with van der Waals surface area (Å²) in [6.45, 7) is 1.08. The number of primary amides is 1. The Hall–Kier alpha value is -3.97. The van der Waals surface area contributed by atoms with Gasteiger partial charge in [0.2, 0.25) is 23.6 Å². The quantitative estimate of drug-likeness (QED) is 0.124. The van der Waals surface area contributed by atoms with Gasteiger partial charge in [-0.05, 0) is 63.2 Å². The summed E-state index contributed by atoms with van der Waals surface area (Å²) in [6.07, 6.45) is 4.25. The molecule has 0 saturated carbocycles. The third-order valence-corrected chi connectivity index (χ3v) is 6.98. The van der Waals surface area contributed by atoms with E-state index < -0.39 is 47.9 Å². The Bertz CT molecular complexity index is 1190. The lowest BCUT2D eigenvalue weighted by atomic mass is 10.0. The van der Waals surface area contributed by atoms with Crippen molar-refractivity contribution < 1.29 is 29.1 Å². The van der Waals surface area contributed by atoms with Crippen LogP contribution in [0.15, 0.2) is 30.5 Å². The van der Waals surface area contributed by atoms with E-state index in [-0.39, 0.29) is 31.6 Å². The van der Waals surface area contributed by atoms with E-state index in [9.17, 15) is 29.1 Å². The zero-order chi connectivity index (χ0) is 29.1. The second kappa shape index (κ2) is 15.0. The summed E-state index contributed by atoms with van der Waals surface area (Å²) in [7, 11) is 0. The first-order valence-corrected chi connectivity index (χ1v) is 13.6. The normalized spacial score (nSPS) is 17.1. The molecule has 1 fully saturated rings. The molecule has 0 spiro atoms. The number of rotatable bonds is 16. The molecule has 2 heterocycles. The summed E-state index contributed by atoms with van der Waals surface area (Å²) in [6, 6.07) is 3.62. The number of fused-ring (bicyclic) bond motifs is 1. The molecule has 1 aromatic heterocycles. The van der Waals surface area contributed by atoms with Crippen molar-refractivity contribution in [3.63, 3.8) is 0 Å². The molecule has 1 aliphatic heterocycles. The van der Waals surface area contributed by atoms with E-state index in [1.807, 2.05) is 24.3 Å². The number of hydrogen-bond donors (Lipinski definition) is 8. The minimum Gasteiger partial charge on any atom is -0.480 e. The van der Waals surface area contributed by atoms with E-state index in [1.54, 1.807) is 6.20 Å². The van der Waals surface area contributed by atoms with Crippen molar-refractivity contribution in [1.29, 1.82) is 0 Å². The van der Waals surface area contributed by atoms with Crippen LogP contribution in [0.5, 0.6) is 0 Å². The third-order valence-electron chi connectivity index (χ3n) is 6.98. The fraction of sp³-hybridized carbons (Fsp3) is 0.519. The van der Waals surface area contributed by atoms with Crippen molar-refractivity contribution in [2.24, 2.45) is 11.5 Å². The van der Waals surface area contributed by atoms with E-state index in [0.29, 0.717) is 32.4 Å². The lowest BCUT2D eigenvalue weighted by Crippen LogP contribution is -2.57. The molecule has 0 aliphatic carbocycles. The number of benzene rings is 1. The summed E-state index contributed by atoms with van der Waals surface area (Å²) in [5, 5.41) is 21.4. The van der Waals surface area contributed by atoms with Gasteiger partial charge in [0, 0.05) is 29.9 Å². The van der Waals surface area contributed by atoms with Gasteiger partial charge in [0.05, 0.1) is 6.04 Å². The standard InChI is InChI=1S/C27H39N7O6/c28-12-4-3-8-21(27(39)40)33-25(37)20(10-11-23(29)35)32-26(38)22(34-24(36)19-9-5-13-30-19)14-16-15-31-18-7-2-1-6-17(16)18/h1-2,6-7,15,19-22,30-31H,3-5,8-14,28H2,(H2,29,35)(H,32,38)(H,33,37)(H,34,36)(H,39,40). The number of para-hydroxylation sites is 1. The van der Waals surface area contributed by atoms with Crippen molar-refractivity contribution >= 4 is 40.5 Å². The number of H-pyrrole nitrogens is 1. The number of hydrogen-bond acceptors (Lipinski definition) is 7. The number of amides is 4. The van der Waals surface area contributed by atoms with Gasteiger partial charge in [-0.25, -0.2) is 4.79 Å². The maximum Gasteiger partial charge on any atom is 0.326 e. The molecule has 13 heteroatoms. The number of carbonyl (C=O) groups is 5. The smallest absolute Gasteiger partial charge is 0.326 e. The van der Waals surface area contributed by atoms with Crippen LogP contribution in [0, 0.1) is 0 Å². The molecule has 1 aromatic carbocycles. The predicted octanol–water partition coefficient (Wildman–Crippen LogP) is -0.604. The average Bonchev–Trinajstić information content (AvgIpc) is 3.60. The number of nitrogens with two attached hydrogens (primary N) is 2. The molecule has 13 nitrogen and oxygen atoms in total. The molecule has 2 aromatic rings. The van der Waals surface area contributed by atoms with E-state index >= 15 is 0 Å². The Morgan fingerprint density at radius 1 is 0.975 bits per heavy atom. The average molecular weight is 558 g/mol. The lowest BCUT2D eigenvalue weighted by Gasteiger charge is -2.25. The van der Waals surface area contributed by atoms with Crippen LogP contribution in [0.1, 0.15) is 50.5 Å². The first-order valence-electron chi connectivity index (χ1n) is 13.6. The highest BCUT2D eigenvalue weighted by Gasteiger charge is 2.32. The van der Waals surface area contributed by atoms with Gasteiger partial charge in [0.15, 0.2) is 0 Å². The lowest BCUT2D eigenvalue weighted by molar-refractivity contribution is -0.142. The molecular formula is C27H39N7O6. The monoisotopic (exact) mass is 557 g/mol. The summed E-state index contributed by atoms with van der Waals surface area (Å²) in [4.78, 5) is 66.0. The van der Waals surface area contributed by atoms with Gasteiger partial charge in [-0.15, -0.1) is 0 Å². The number of aromatic amines is 1. The van der Waals surface area contributed by atoms with Crippen molar-refractivity contribution in [3.8, 4) is 0 Å². The zero-order valence-corrected chi connectivity index (χ0v) is 22.4. The van der Waals surface area contributed by atoms with Crippen LogP contribution in [0.4, 0.5) is 0 Å². The third kappa shape index (κ3) is 8.78. The van der Waals surface area contributed by atoms with Crippen LogP contribution < -0.4 is 32.7 Å². The predicted molar refractivity (Wildman–Crippen MR) is 148 cm³/mol. The number of aromatic nitrogens is 1. The number of unbranched alkanes of at least 4 members (excludes halogenated alkanes) is 1. The van der Waals surface area contributed by atoms with Crippen LogP contribution >= 0.6 is 0 Å². The van der Waals surface area contributed by atoms with E-state index in [0.717, 1.165) is 22.9 Å². The molecule has 40 heavy (non-hydrogen) atoms. The molecule has 4 amide bonds. The molecule has 4 atom stereocenters. The maximum atomic E-state index is 13.6. The SMILES string of the molecule is NCCCCC(NC(=O)C(CCC(N)=O)NC(=O)C(Cc1c[nH]c2ccccc12)NC(=O)C1CCCN1)C(=O)O. The fourth-order valence-electron chi connectivity index (χ4n) is 4.76. The highest BCUT2D eigenvalue weighted by atomic mass is 16.4. The van der Waals surface area contributed by atoms with Crippen molar-refractivity contribution in [1.82, 2.24) is 26.3 Å². The van der Waals surface area contributed by atoms with Gasteiger partial charge in [-0.1, -0.05) is 18.2 Å². The number of carbonyl (C=O) groups excluding carboxylic acids is 4. The van der Waals surface area contributed by atoms with Crippen LogP contribution in [-0.2, 0) is 30.4 Å². The largest absolute Gasteiger partial charge is 0.480 e. The number of carboxylic acid groups (broad SMARTS) is 1. The Balaban J connectivity index is 1.79. The number of carboxylic acids is 1. The van der Waals surface area contributed by atoms with Gasteiger partial charge >= 0.3 is 5.97 Å². The topological polar surface area (TPSA) is 222 Å². The Kier molecular flexibility index (Phi) is 11.5. The highest BCUT2D eigenvalue weighted by molar-refractivity contribution is 5.95. The van der Waals surface area contributed by atoms with E-state index in [1.165, 1.54) is 0 Å². The molecule has 3 rings (SSSR count). The van der Waals surface area contributed by atoms with Gasteiger partial charge in [-0.3, -0.25) is 19.2 Å². The van der Waals surface area contributed by atoms with Crippen LogP contribution in [0.3, 0.4) is 0 Å². The molecule has 218 valence electrons. The minimum absolute atomic E-state index is 0.134. The van der Waals surface area contributed by atoms with Crippen LogP contribution in [0.2, 0.25) is 0 Å². The first-order chi connectivity index (χ1) is 19.2. The second-order valence-corrected chi connectivity index (χ2v) is 10.0. The molecular weight excluding hydrogens is 518 g/mol. The Morgan fingerprint density at radius 3 is 2.38 bits per heavy atom. The second-order valence-electron chi connectivity index (χ2n) is 10.0. The van der Waals surface area contributed by atoms with E-state index in [2.05, 4.69) is 26.3 Å². The summed E-state index contributed by atoms with van der Waals surface area (Å²) >= 11 is 0. The zero-order valence-electron chi connectivity index (χ0n) is 22.4. The summed E-state index contributed by atoms with van der Waals surface area (Å²) in [5.74, 6) is -3.64. The van der Waals surface area contributed by atoms with Crippen LogP contribution in [-0.4, -0.2) is 76.9 Å². The van der Waals surface area contributed by atoms with Gasteiger partial charge in [0.1, 0.15) is 18.1 Å². The maximum absolute atomic E-state index is 13.6. The first kappa shape index (κ1) is 30.6. The van der Waals surface area contributed by atoms with Crippen LogP contribution in [0.25, 0.3) is 10.9 Å². The molecule has 1 aliphatic rings. The van der Waals surface area contributed by atoms with Gasteiger partial charge < -0.3 is 42.8 Å². The van der Waals surface area contributed by atoms with Gasteiger partial charge in [-0.2, -0.15) is 0 Å². The van der Waals surface area contributed by atoms with Gasteiger partial charge in [0.25, 0.3) is 0 Å². The number of aliphatic carboxylic acids is 1. The molecule has 10 N–H and O–H groups in total. The molecule has 0 bridgehead atoms. The molecule has 4 unspecified atom stereocenters. The number of nitrogens with one attached hydrogen (secondary N) is 5. The Labute approximate surface area is 232 Å². The molecule has 0 radical (unpaired) electrons. The van der Waals surface area contributed by atoms with Crippen molar-refractivity contribution in [2.45, 2.75) is 75.5 Å². The fourth-order valence-corrected chi connectivity index (χ4v) is 4.76. The summed E-state index contributed by atoms with van der Waals surface area (Å²) < 4.78 is 0. The molecule has 1 saturated heterocycles. The summed E-state index contributed by atoms with van der Waals surface area (Å²) in [5.41, 5.74) is 12.4. The highest BCUT2D eigenvalue weighted by Crippen LogP contribution is 2.19. The van der Waals surface area contributed by atoms with Crippen molar-refractivity contribution in [2.75, 3.05) is 13.1 Å². The Morgan fingerprint density at radius 2 is 1.70 bits per heavy atom. The minimum atomic E-state index is -1.25. The van der Waals surface area contributed by atoms with Crippen molar-refractivity contribution in [3.05, 3.63) is 36.0 Å².